The summed E-state index contributed by atoms with van der Waals surface area (Å²) >= 11 is 0. The summed E-state index contributed by atoms with van der Waals surface area (Å²) in [5.41, 5.74) is 3.83. The minimum atomic E-state index is -1.46. The average molecular weight is 247 g/mol. The van der Waals surface area contributed by atoms with E-state index in [4.69, 9.17) is 0 Å². The number of ether oxygens (including phenoxy) is 1. The van der Waals surface area contributed by atoms with E-state index in [0.717, 1.165) is 6.54 Å². The van der Waals surface area contributed by atoms with Crippen LogP contribution in [0.4, 0.5) is 4.79 Å². The third-order valence-electron chi connectivity index (χ3n) is 2.37. The Kier molecular flexibility index (Phi) is 19.3. The summed E-state index contributed by atoms with van der Waals surface area (Å²) in [6.45, 7) is 5.13. The van der Waals surface area contributed by atoms with Gasteiger partial charge in [-0.1, -0.05) is 45.4 Å². The van der Waals surface area contributed by atoms with Crippen molar-refractivity contribution in [3.63, 3.8) is 0 Å². The molecule has 0 rings (SSSR count). The molecular formula is C13H29NO3. The number of carbonyl (C=O) groups is 1. The highest BCUT2D eigenvalue weighted by atomic mass is 16.7. The third kappa shape index (κ3) is 25.5. The van der Waals surface area contributed by atoms with Crippen LogP contribution < -0.4 is 10.8 Å². The maximum absolute atomic E-state index is 9.27. The summed E-state index contributed by atoms with van der Waals surface area (Å²) in [6, 6.07) is 0. The molecule has 0 aliphatic heterocycles. The van der Waals surface area contributed by atoms with Crippen molar-refractivity contribution in [1.29, 1.82) is 0 Å². The van der Waals surface area contributed by atoms with Crippen LogP contribution in [0.3, 0.4) is 0 Å². The van der Waals surface area contributed by atoms with Crippen LogP contribution in [0.5, 0.6) is 0 Å². The Hall–Kier alpha value is -0.770. The molecule has 3 N–H and O–H groups in total. The van der Waals surface area contributed by atoms with E-state index in [2.05, 4.69) is 17.4 Å². The molecule has 104 valence electrons. The number of quaternary nitrogens is 1. The predicted octanol–water partition coefficient (Wildman–Crippen LogP) is 1.74. The first-order valence-corrected chi connectivity index (χ1v) is 6.82. The third-order valence-corrected chi connectivity index (χ3v) is 2.37. The normalized spacial score (nSPS) is 9.35. The van der Waals surface area contributed by atoms with Crippen LogP contribution in [0, 0.1) is 0 Å². The Balaban J connectivity index is 0. The first kappa shape index (κ1) is 18.6. The van der Waals surface area contributed by atoms with Crippen molar-refractivity contribution in [3.05, 3.63) is 0 Å². The molecule has 0 heterocycles. The molecular weight excluding hydrogens is 218 g/mol. The summed E-state index contributed by atoms with van der Waals surface area (Å²) < 4.78 is 3.85. The number of unbranched alkanes of at least 4 members (excludes halogenated alkanes) is 7. The fraction of sp³-hybridized carbons (Fsp3) is 0.923. The minimum Gasteiger partial charge on any atom is -0.550 e. The smallest absolute Gasteiger partial charge is 0.251 e. The summed E-state index contributed by atoms with van der Waals surface area (Å²) in [5.74, 6) is 0. The first-order valence-electron chi connectivity index (χ1n) is 6.82. The van der Waals surface area contributed by atoms with Crippen molar-refractivity contribution >= 4 is 6.16 Å². The fourth-order valence-corrected chi connectivity index (χ4v) is 1.43. The minimum absolute atomic E-state index is 0.169. The zero-order valence-corrected chi connectivity index (χ0v) is 11.5. The molecule has 0 aromatic rings. The highest BCUT2D eigenvalue weighted by Crippen LogP contribution is 2.07. The van der Waals surface area contributed by atoms with E-state index in [-0.39, 0.29) is 6.61 Å². The molecule has 4 heteroatoms. The first-order chi connectivity index (χ1) is 8.18. The monoisotopic (exact) mass is 247 g/mol. The zero-order valence-electron chi connectivity index (χ0n) is 11.5. The van der Waals surface area contributed by atoms with Crippen LogP contribution in [0.1, 0.15) is 65.2 Å². The van der Waals surface area contributed by atoms with Crippen LogP contribution in [-0.2, 0) is 4.74 Å². The zero-order chi connectivity index (χ0) is 13.4. The van der Waals surface area contributed by atoms with E-state index >= 15 is 0 Å². The second-order valence-electron chi connectivity index (χ2n) is 4.01. The molecule has 4 nitrogen and oxygen atoms in total. The SMILES string of the molecule is CCCCCCCCCC[NH3+].CCOC(=O)[O-]. The van der Waals surface area contributed by atoms with Crippen LogP contribution in [0.15, 0.2) is 0 Å². The lowest BCUT2D eigenvalue weighted by Crippen LogP contribution is -2.50. The van der Waals surface area contributed by atoms with Gasteiger partial charge in [0.25, 0.3) is 6.16 Å². The van der Waals surface area contributed by atoms with Gasteiger partial charge < -0.3 is 20.4 Å². The van der Waals surface area contributed by atoms with Gasteiger partial charge in [0.05, 0.1) is 6.54 Å². The van der Waals surface area contributed by atoms with Gasteiger partial charge in [-0.05, 0) is 19.8 Å². The van der Waals surface area contributed by atoms with Gasteiger partial charge in [-0.15, -0.1) is 0 Å². The van der Waals surface area contributed by atoms with Gasteiger partial charge in [-0.25, -0.2) is 0 Å². The summed E-state index contributed by atoms with van der Waals surface area (Å²) in [7, 11) is 0. The van der Waals surface area contributed by atoms with Crippen molar-refractivity contribution in [1.82, 2.24) is 0 Å². The number of carboxylic acid groups (broad SMARTS) is 1. The number of hydrogen-bond acceptors (Lipinski definition) is 3. The number of hydrogen-bond donors (Lipinski definition) is 1. The molecule has 0 aliphatic carbocycles. The van der Waals surface area contributed by atoms with Crippen LogP contribution in [0.2, 0.25) is 0 Å². The topological polar surface area (TPSA) is 77.0 Å². The number of carbonyl (C=O) groups excluding carboxylic acids is 1. The Labute approximate surface area is 106 Å². The van der Waals surface area contributed by atoms with Crippen molar-refractivity contribution in [2.45, 2.75) is 65.2 Å². The summed E-state index contributed by atoms with van der Waals surface area (Å²) in [5, 5.41) is 9.27. The molecule has 0 fully saturated rings. The van der Waals surface area contributed by atoms with Gasteiger partial charge in [0.1, 0.15) is 0 Å². The van der Waals surface area contributed by atoms with E-state index in [1.54, 1.807) is 6.92 Å². The molecule has 0 saturated heterocycles. The molecule has 0 amide bonds. The Morgan fingerprint density at radius 2 is 1.47 bits per heavy atom. The highest BCUT2D eigenvalue weighted by molar-refractivity contribution is 5.53. The van der Waals surface area contributed by atoms with E-state index in [9.17, 15) is 9.90 Å². The quantitative estimate of drug-likeness (QED) is 0.498. The molecule has 0 unspecified atom stereocenters. The average Bonchev–Trinajstić information content (AvgIpc) is 2.29. The van der Waals surface area contributed by atoms with Gasteiger partial charge in [0, 0.05) is 6.61 Å². The lowest BCUT2D eigenvalue weighted by Gasteiger charge is -1.99. The van der Waals surface area contributed by atoms with Crippen molar-refractivity contribution in [3.8, 4) is 0 Å². The molecule has 0 aliphatic rings. The highest BCUT2D eigenvalue weighted by Gasteiger charge is 1.89. The largest absolute Gasteiger partial charge is 0.550 e. The number of rotatable bonds is 9. The maximum Gasteiger partial charge on any atom is 0.251 e. The van der Waals surface area contributed by atoms with Gasteiger partial charge in [0.2, 0.25) is 0 Å². The van der Waals surface area contributed by atoms with Gasteiger partial charge in [0.15, 0.2) is 0 Å². The van der Waals surface area contributed by atoms with Crippen molar-refractivity contribution in [2.24, 2.45) is 0 Å². The molecule has 0 saturated carbocycles. The molecule has 0 bridgehead atoms. The Morgan fingerprint density at radius 3 is 1.76 bits per heavy atom. The molecule has 0 spiro atoms. The Bertz CT molecular complexity index is 144. The van der Waals surface area contributed by atoms with Gasteiger partial charge >= 0.3 is 0 Å². The Morgan fingerprint density at radius 1 is 1.00 bits per heavy atom. The molecule has 17 heavy (non-hydrogen) atoms. The van der Waals surface area contributed by atoms with Crippen molar-refractivity contribution < 1.29 is 20.4 Å². The summed E-state index contributed by atoms with van der Waals surface area (Å²) in [4.78, 5) is 9.27. The van der Waals surface area contributed by atoms with E-state index in [1.807, 2.05) is 0 Å². The van der Waals surface area contributed by atoms with Crippen LogP contribution >= 0.6 is 0 Å². The second-order valence-corrected chi connectivity index (χ2v) is 4.01. The fourth-order valence-electron chi connectivity index (χ4n) is 1.43. The molecule has 0 aromatic carbocycles. The molecule has 0 radical (unpaired) electrons. The van der Waals surface area contributed by atoms with Crippen molar-refractivity contribution in [2.75, 3.05) is 13.2 Å². The maximum atomic E-state index is 9.27. The van der Waals surface area contributed by atoms with E-state index in [1.165, 1.54) is 51.4 Å². The lowest BCUT2D eigenvalue weighted by molar-refractivity contribution is -0.368. The predicted molar refractivity (Wildman–Crippen MR) is 67.4 cm³/mol. The van der Waals surface area contributed by atoms with Gasteiger partial charge in [-0.2, -0.15) is 0 Å². The van der Waals surface area contributed by atoms with Gasteiger partial charge in [-0.3, -0.25) is 0 Å². The van der Waals surface area contributed by atoms with E-state index in [0.29, 0.717) is 0 Å². The molecule has 0 atom stereocenters. The second kappa shape index (κ2) is 17.6. The molecule has 0 aromatic heterocycles. The van der Waals surface area contributed by atoms with Crippen LogP contribution in [-0.4, -0.2) is 19.3 Å². The standard InChI is InChI=1S/C10H23N.C3H6O3/c1-2-3-4-5-6-7-8-9-10-11;1-2-6-3(4)5/h2-11H2,1H3;2H2,1H3,(H,4,5). The van der Waals surface area contributed by atoms with E-state index < -0.39 is 6.16 Å². The lowest BCUT2D eigenvalue weighted by atomic mass is 10.1. The summed E-state index contributed by atoms with van der Waals surface area (Å²) in [6.07, 6.45) is 9.82. The van der Waals surface area contributed by atoms with Crippen LogP contribution in [0.25, 0.3) is 0 Å².